The SMILES string of the molecule is Cc1ncc([C@H](C)NC(=O)Cn2nc3cc(C4CCC4)ccn3c2=O)cc1F. The Labute approximate surface area is 161 Å². The molecular weight excluding hydrogens is 361 g/mol. The van der Waals surface area contributed by atoms with Crippen LogP contribution in [-0.2, 0) is 11.3 Å². The summed E-state index contributed by atoms with van der Waals surface area (Å²) in [7, 11) is 0. The average molecular weight is 383 g/mol. The second-order valence-electron chi connectivity index (χ2n) is 7.38. The number of amides is 1. The molecule has 0 radical (unpaired) electrons. The first-order valence-corrected chi connectivity index (χ1v) is 9.43. The van der Waals surface area contributed by atoms with E-state index in [2.05, 4.69) is 15.4 Å². The average Bonchev–Trinajstić information content (AvgIpc) is 2.91. The molecule has 0 bridgehead atoms. The Hall–Kier alpha value is -3.03. The standard InChI is InChI=1S/C20H22FN5O2/c1-12(16-8-17(21)13(2)22-10-16)23-19(27)11-26-20(28)25-7-6-15(9-18(25)24-26)14-4-3-5-14/h6-10,12,14H,3-5,11H2,1-2H3,(H,23,27)/t12-/m0/s1. The Balaban J connectivity index is 1.49. The van der Waals surface area contributed by atoms with E-state index in [9.17, 15) is 14.0 Å². The maximum atomic E-state index is 13.7. The summed E-state index contributed by atoms with van der Waals surface area (Å²) in [6, 6.07) is 4.79. The number of aryl methyl sites for hydroxylation is 1. The molecule has 3 aromatic heterocycles. The van der Waals surface area contributed by atoms with Crippen molar-refractivity contribution in [1.29, 1.82) is 0 Å². The van der Waals surface area contributed by atoms with Crippen LogP contribution in [0.15, 0.2) is 35.4 Å². The minimum absolute atomic E-state index is 0.203. The van der Waals surface area contributed by atoms with Crippen LogP contribution in [0.2, 0.25) is 0 Å². The summed E-state index contributed by atoms with van der Waals surface area (Å²) >= 11 is 0. The van der Waals surface area contributed by atoms with Crippen LogP contribution in [-0.4, -0.2) is 25.1 Å². The molecule has 1 atom stereocenters. The molecule has 3 aromatic rings. The fraction of sp³-hybridized carbons (Fsp3) is 0.400. The van der Waals surface area contributed by atoms with Gasteiger partial charge in [0.2, 0.25) is 5.91 Å². The van der Waals surface area contributed by atoms with E-state index >= 15 is 0 Å². The number of halogens is 1. The second-order valence-corrected chi connectivity index (χ2v) is 7.38. The molecule has 1 aliphatic rings. The van der Waals surface area contributed by atoms with Crippen LogP contribution < -0.4 is 11.0 Å². The number of aromatic nitrogens is 4. The minimum atomic E-state index is -0.437. The van der Waals surface area contributed by atoms with Crippen molar-refractivity contribution in [2.75, 3.05) is 0 Å². The highest BCUT2D eigenvalue weighted by Crippen LogP contribution is 2.36. The van der Waals surface area contributed by atoms with Crippen LogP contribution in [0.25, 0.3) is 5.65 Å². The molecule has 7 nitrogen and oxygen atoms in total. The van der Waals surface area contributed by atoms with Crippen LogP contribution in [0.3, 0.4) is 0 Å². The van der Waals surface area contributed by atoms with Gasteiger partial charge in [-0.05, 0) is 61.9 Å². The number of rotatable bonds is 5. The summed E-state index contributed by atoms with van der Waals surface area (Å²) in [5, 5.41) is 7.05. The number of fused-ring (bicyclic) bond motifs is 1. The van der Waals surface area contributed by atoms with E-state index in [1.165, 1.54) is 28.6 Å². The van der Waals surface area contributed by atoms with Gasteiger partial charge in [-0.15, -0.1) is 5.10 Å². The van der Waals surface area contributed by atoms with E-state index in [0.717, 1.165) is 17.5 Å². The van der Waals surface area contributed by atoms with E-state index < -0.39 is 11.9 Å². The molecule has 28 heavy (non-hydrogen) atoms. The van der Waals surface area contributed by atoms with Crippen molar-refractivity contribution in [3.63, 3.8) is 0 Å². The lowest BCUT2D eigenvalue weighted by Gasteiger charge is -2.25. The zero-order valence-electron chi connectivity index (χ0n) is 15.9. The Bertz CT molecular complexity index is 1100. The van der Waals surface area contributed by atoms with E-state index in [1.807, 2.05) is 12.1 Å². The third-order valence-corrected chi connectivity index (χ3v) is 5.40. The minimum Gasteiger partial charge on any atom is -0.348 e. The van der Waals surface area contributed by atoms with Crippen molar-refractivity contribution in [1.82, 2.24) is 24.5 Å². The van der Waals surface area contributed by atoms with Gasteiger partial charge in [0, 0.05) is 12.4 Å². The smallest absolute Gasteiger partial charge is 0.348 e. The predicted molar refractivity (Wildman–Crippen MR) is 102 cm³/mol. The monoisotopic (exact) mass is 383 g/mol. The van der Waals surface area contributed by atoms with E-state index in [1.54, 1.807) is 20.0 Å². The van der Waals surface area contributed by atoms with Crippen molar-refractivity contribution in [3.05, 3.63) is 63.7 Å². The van der Waals surface area contributed by atoms with E-state index in [0.29, 0.717) is 22.8 Å². The molecule has 1 fully saturated rings. The van der Waals surface area contributed by atoms with Crippen LogP contribution >= 0.6 is 0 Å². The van der Waals surface area contributed by atoms with Gasteiger partial charge in [-0.2, -0.15) is 0 Å². The lowest BCUT2D eigenvalue weighted by Crippen LogP contribution is -2.34. The summed E-state index contributed by atoms with van der Waals surface area (Å²) < 4.78 is 16.3. The summed E-state index contributed by atoms with van der Waals surface area (Å²) in [5.41, 5.74) is 2.23. The third-order valence-electron chi connectivity index (χ3n) is 5.40. The molecular formula is C20H22FN5O2. The maximum Gasteiger partial charge on any atom is 0.350 e. The van der Waals surface area contributed by atoms with Crippen molar-refractivity contribution in [2.45, 2.75) is 51.6 Å². The quantitative estimate of drug-likeness (QED) is 0.734. The van der Waals surface area contributed by atoms with Crippen molar-refractivity contribution >= 4 is 11.6 Å². The molecule has 1 saturated carbocycles. The lowest BCUT2D eigenvalue weighted by atomic mass is 9.80. The Morgan fingerprint density at radius 3 is 2.86 bits per heavy atom. The van der Waals surface area contributed by atoms with Crippen molar-refractivity contribution in [2.24, 2.45) is 0 Å². The van der Waals surface area contributed by atoms with Gasteiger partial charge in [0.05, 0.1) is 11.7 Å². The summed E-state index contributed by atoms with van der Waals surface area (Å²) in [5.74, 6) is -0.256. The Kier molecular flexibility index (Phi) is 4.70. The summed E-state index contributed by atoms with van der Waals surface area (Å²) in [6.07, 6.45) is 6.81. The fourth-order valence-corrected chi connectivity index (χ4v) is 3.40. The molecule has 0 aromatic carbocycles. The van der Waals surface area contributed by atoms with Crippen molar-refractivity contribution < 1.29 is 9.18 Å². The first kappa shape index (κ1) is 18.3. The van der Waals surface area contributed by atoms with E-state index in [4.69, 9.17) is 0 Å². The number of carbonyl (C=O) groups excluding carboxylic acids is 1. The van der Waals surface area contributed by atoms with E-state index in [-0.39, 0.29) is 18.1 Å². The molecule has 0 unspecified atom stereocenters. The summed E-state index contributed by atoms with van der Waals surface area (Å²) in [6.45, 7) is 3.11. The number of hydrogen-bond donors (Lipinski definition) is 1. The zero-order valence-corrected chi connectivity index (χ0v) is 15.9. The molecule has 1 aliphatic carbocycles. The first-order chi connectivity index (χ1) is 13.4. The maximum absolute atomic E-state index is 13.7. The first-order valence-electron chi connectivity index (χ1n) is 9.43. The molecule has 3 heterocycles. The van der Waals surface area contributed by atoms with Gasteiger partial charge in [0.25, 0.3) is 0 Å². The highest BCUT2D eigenvalue weighted by atomic mass is 19.1. The van der Waals surface area contributed by atoms with Gasteiger partial charge in [-0.25, -0.2) is 13.9 Å². The molecule has 0 saturated heterocycles. The van der Waals surface area contributed by atoms with Crippen LogP contribution in [0.5, 0.6) is 0 Å². The van der Waals surface area contributed by atoms with Gasteiger partial charge in [0.15, 0.2) is 5.65 Å². The third kappa shape index (κ3) is 3.42. The highest BCUT2D eigenvalue weighted by Gasteiger charge is 2.21. The summed E-state index contributed by atoms with van der Waals surface area (Å²) in [4.78, 5) is 28.8. The largest absolute Gasteiger partial charge is 0.350 e. The molecule has 0 aliphatic heterocycles. The Morgan fingerprint density at radius 1 is 1.39 bits per heavy atom. The number of hydrogen-bond acceptors (Lipinski definition) is 4. The number of nitrogens with one attached hydrogen (secondary N) is 1. The van der Waals surface area contributed by atoms with Crippen LogP contribution in [0.4, 0.5) is 4.39 Å². The second kappa shape index (κ2) is 7.18. The number of nitrogens with zero attached hydrogens (tertiary/aromatic N) is 4. The van der Waals surface area contributed by atoms with Gasteiger partial charge in [-0.1, -0.05) is 6.42 Å². The highest BCUT2D eigenvalue weighted by molar-refractivity contribution is 5.76. The number of carbonyl (C=O) groups is 1. The zero-order chi connectivity index (χ0) is 19.8. The normalized spacial score (nSPS) is 15.4. The van der Waals surface area contributed by atoms with Gasteiger partial charge < -0.3 is 5.32 Å². The molecule has 8 heteroatoms. The van der Waals surface area contributed by atoms with Crippen LogP contribution in [0, 0.1) is 12.7 Å². The molecule has 146 valence electrons. The fourth-order valence-electron chi connectivity index (χ4n) is 3.40. The molecule has 0 spiro atoms. The molecule has 4 rings (SSSR count). The van der Waals surface area contributed by atoms with Gasteiger partial charge >= 0.3 is 5.69 Å². The topological polar surface area (TPSA) is 81.3 Å². The van der Waals surface area contributed by atoms with Crippen molar-refractivity contribution in [3.8, 4) is 0 Å². The van der Waals surface area contributed by atoms with Crippen LogP contribution in [0.1, 0.15) is 55.0 Å². The predicted octanol–water partition coefficient (Wildman–Crippen LogP) is 2.48. The lowest BCUT2D eigenvalue weighted by molar-refractivity contribution is -0.122. The molecule has 1 amide bonds. The Morgan fingerprint density at radius 2 is 2.18 bits per heavy atom. The number of pyridine rings is 2. The van der Waals surface area contributed by atoms with Gasteiger partial charge in [-0.3, -0.25) is 14.2 Å². The van der Waals surface area contributed by atoms with Gasteiger partial charge in [0.1, 0.15) is 12.4 Å². The molecule has 1 N–H and O–H groups in total.